The Bertz CT molecular complexity index is 560. The minimum atomic E-state index is -0.428. The van der Waals surface area contributed by atoms with Crippen LogP contribution < -0.4 is 21.5 Å². The molecule has 1 unspecified atom stereocenters. The maximum Gasteiger partial charge on any atom is 0.259 e. The van der Waals surface area contributed by atoms with Gasteiger partial charge in [0.05, 0.1) is 5.69 Å². The first-order valence-electron chi connectivity index (χ1n) is 9.41. The number of aromatic nitrogens is 2. The molecule has 138 valence electrons. The van der Waals surface area contributed by atoms with Crippen molar-refractivity contribution in [3.63, 3.8) is 0 Å². The molecule has 2 aromatic rings. The number of aliphatic hydroxyl groups is 1. The highest BCUT2D eigenvalue weighted by molar-refractivity contribution is 5.56. The zero-order valence-corrected chi connectivity index (χ0v) is 16.9. The van der Waals surface area contributed by atoms with Gasteiger partial charge in [0.25, 0.3) is 6.23 Å². The van der Waals surface area contributed by atoms with E-state index in [0.717, 1.165) is 24.1 Å². The van der Waals surface area contributed by atoms with Gasteiger partial charge in [-0.15, -0.1) is 0 Å². The molecule has 1 N–H and O–H groups in total. The van der Waals surface area contributed by atoms with Gasteiger partial charge in [-0.05, 0) is 18.6 Å². The number of nitrogens with zero attached hydrogens (tertiary/aromatic N) is 2. The van der Waals surface area contributed by atoms with E-state index < -0.39 is 6.23 Å². The predicted molar refractivity (Wildman–Crippen MR) is 98.4 cm³/mol. The molecule has 4 heteroatoms. The predicted octanol–water partition coefficient (Wildman–Crippen LogP) is 2.06. The molecule has 0 aliphatic heterocycles. The van der Waals surface area contributed by atoms with Crippen LogP contribution >= 0.6 is 0 Å². The van der Waals surface area contributed by atoms with Crippen LogP contribution in [0.15, 0.2) is 48.9 Å². The van der Waals surface area contributed by atoms with Crippen LogP contribution in [0.5, 0.6) is 0 Å². The molecule has 0 aliphatic carbocycles. The first-order chi connectivity index (χ1) is 11.8. The Balaban J connectivity index is 0.00000312. The number of aliphatic hydroxyl groups excluding tert-OH is 1. The maximum atomic E-state index is 10.3. The second-order valence-electron chi connectivity index (χ2n) is 6.49. The molecule has 0 saturated heterocycles. The van der Waals surface area contributed by atoms with E-state index in [0.29, 0.717) is 0 Å². The summed E-state index contributed by atoms with van der Waals surface area (Å²) in [4.78, 5) is 4.35. The summed E-state index contributed by atoms with van der Waals surface area (Å²) >= 11 is 0. The summed E-state index contributed by atoms with van der Waals surface area (Å²) in [5, 5.41) is 10.3. The number of hydrogen-bond donors (Lipinski definition) is 1. The normalized spacial score (nSPS) is 11.8. The number of halogens is 1. The molecule has 3 nitrogen and oxygen atoms in total. The van der Waals surface area contributed by atoms with Crippen LogP contribution in [0.4, 0.5) is 0 Å². The SMILES string of the molecule is CCCCCCCCCCC(O)[n+]1ccc(-c2ccccn2)cc1.[Br-]. The van der Waals surface area contributed by atoms with Crippen molar-refractivity contribution >= 4 is 0 Å². The lowest BCUT2D eigenvalue weighted by molar-refractivity contribution is -0.760. The van der Waals surface area contributed by atoms with E-state index in [1.54, 1.807) is 6.20 Å². The van der Waals surface area contributed by atoms with E-state index >= 15 is 0 Å². The fourth-order valence-corrected chi connectivity index (χ4v) is 2.95. The number of rotatable bonds is 11. The van der Waals surface area contributed by atoms with Crippen molar-refractivity contribution in [3.8, 4) is 11.3 Å². The Morgan fingerprint density at radius 1 is 0.920 bits per heavy atom. The molecule has 0 bridgehead atoms. The second-order valence-corrected chi connectivity index (χ2v) is 6.49. The molecule has 0 aromatic carbocycles. The van der Waals surface area contributed by atoms with Crippen molar-refractivity contribution in [2.75, 3.05) is 0 Å². The molecule has 0 radical (unpaired) electrons. The lowest BCUT2D eigenvalue weighted by Gasteiger charge is -2.07. The summed E-state index contributed by atoms with van der Waals surface area (Å²) in [7, 11) is 0. The largest absolute Gasteiger partial charge is 1.00 e. The topological polar surface area (TPSA) is 37.0 Å². The summed E-state index contributed by atoms with van der Waals surface area (Å²) < 4.78 is 1.88. The van der Waals surface area contributed by atoms with Crippen molar-refractivity contribution in [2.45, 2.75) is 70.9 Å². The first-order valence-corrected chi connectivity index (χ1v) is 9.41. The Kier molecular flexibility index (Phi) is 11.3. The highest BCUT2D eigenvalue weighted by Crippen LogP contribution is 2.15. The maximum absolute atomic E-state index is 10.3. The van der Waals surface area contributed by atoms with Crippen molar-refractivity contribution in [3.05, 3.63) is 48.9 Å². The van der Waals surface area contributed by atoms with E-state index in [2.05, 4.69) is 11.9 Å². The molecule has 0 fully saturated rings. The molecular weight excluding hydrogens is 376 g/mol. The third-order valence-corrected chi connectivity index (χ3v) is 4.47. The molecule has 2 heterocycles. The lowest BCUT2D eigenvalue weighted by Crippen LogP contribution is -3.00. The van der Waals surface area contributed by atoms with E-state index in [-0.39, 0.29) is 17.0 Å². The Morgan fingerprint density at radius 3 is 2.16 bits per heavy atom. The average molecular weight is 407 g/mol. The highest BCUT2D eigenvalue weighted by atomic mass is 79.9. The third kappa shape index (κ3) is 8.10. The fraction of sp³-hybridized carbons (Fsp3) is 0.524. The van der Waals surface area contributed by atoms with Crippen molar-refractivity contribution in [1.29, 1.82) is 0 Å². The molecule has 0 saturated carbocycles. The minimum absolute atomic E-state index is 0. The van der Waals surface area contributed by atoms with Crippen molar-refractivity contribution in [2.24, 2.45) is 0 Å². The number of pyridine rings is 2. The van der Waals surface area contributed by atoms with Gasteiger partial charge < -0.3 is 22.1 Å². The zero-order valence-electron chi connectivity index (χ0n) is 15.3. The van der Waals surface area contributed by atoms with Crippen molar-refractivity contribution in [1.82, 2.24) is 4.98 Å². The van der Waals surface area contributed by atoms with Crippen LogP contribution in [-0.4, -0.2) is 10.1 Å². The molecule has 0 amide bonds. The van der Waals surface area contributed by atoms with Crippen LogP contribution in [0, 0.1) is 0 Å². The van der Waals surface area contributed by atoms with Crippen LogP contribution in [0.2, 0.25) is 0 Å². The number of hydrogen-bond acceptors (Lipinski definition) is 2. The molecule has 1 atom stereocenters. The Hall–Kier alpha value is -1.26. The van der Waals surface area contributed by atoms with Gasteiger partial charge >= 0.3 is 0 Å². The average Bonchev–Trinajstić information content (AvgIpc) is 2.64. The summed E-state index contributed by atoms with van der Waals surface area (Å²) in [5.41, 5.74) is 2.04. The monoisotopic (exact) mass is 406 g/mol. The summed E-state index contributed by atoms with van der Waals surface area (Å²) in [6, 6.07) is 9.93. The second kappa shape index (κ2) is 13.0. The fourth-order valence-electron chi connectivity index (χ4n) is 2.95. The van der Waals surface area contributed by atoms with Crippen LogP contribution in [0.3, 0.4) is 0 Å². The van der Waals surface area contributed by atoms with E-state index in [1.165, 1.54) is 44.9 Å². The standard InChI is InChI=1S/C21H31N2O.BrH/c1-2-3-4-5-6-7-8-9-13-21(24)23-17-14-19(15-18-23)20-12-10-11-16-22-20;/h10-12,14-18,21,24H,2-9,13H2,1H3;1H/q+1;/p-1. The Morgan fingerprint density at radius 2 is 1.56 bits per heavy atom. The van der Waals surface area contributed by atoms with E-state index in [4.69, 9.17) is 0 Å². The molecule has 2 aromatic heterocycles. The molecule has 0 spiro atoms. The van der Waals surface area contributed by atoms with Gasteiger partial charge in [-0.25, -0.2) is 0 Å². The van der Waals surface area contributed by atoms with Gasteiger partial charge in [-0.1, -0.05) is 57.9 Å². The molecule has 0 aliphatic rings. The lowest BCUT2D eigenvalue weighted by atomic mass is 10.1. The molecule has 2 rings (SSSR count). The first kappa shape index (κ1) is 21.8. The van der Waals surface area contributed by atoms with Crippen LogP contribution in [-0.2, 0) is 0 Å². The Labute approximate surface area is 162 Å². The van der Waals surface area contributed by atoms with Crippen LogP contribution in [0.25, 0.3) is 11.3 Å². The molecule has 25 heavy (non-hydrogen) atoms. The summed E-state index contributed by atoms with van der Waals surface area (Å²) in [6.45, 7) is 2.25. The summed E-state index contributed by atoms with van der Waals surface area (Å²) in [6.07, 6.45) is 16.4. The third-order valence-electron chi connectivity index (χ3n) is 4.47. The molecular formula is C21H31BrN2O. The van der Waals surface area contributed by atoms with Crippen molar-refractivity contribution < 1.29 is 26.7 Å². The van der Waals surface area contributed by atoms with Gasteiger partial charge in [0.2, 0.25) is 0 Å². The van der Waals surface area contributed by atoms with E-state index in [1.807, 2.05) is 47.3 Å². The summed E-state index contributed by atoms with van der Waals surface area (Å²) in [5.74, 6) is 0. The van der Waals surface area contributed by atoms with Gasteiger partial charge in [0.1, 0.15) is 0 Å². The van der Waals surface area contributed by atoms with Gasteiger partial charge in [-0.3, -0.25) is 4.98 Å². The minimum Gasteiger partial charge on any atom is -1.00 e. The smallest absolute Gasteiger partial charge is 0.259 e. The van der Waals surface area contributed by atoms with Gasteiger partial charge in [-0.2, -0.15) is 4.57 Å². The quantitative estimate of drug-likeness (QED) is 0.458. The number of unbranched alkanes of at least 4 members (excludes halogenated alkanes) is 7. The zero-order chi connectivity index (χ0) is 17.0. The highest BCUT2D eigenvalue weighted by Gasteiger charge is 2.13. The van der Waals surface area contributed by atoms with Gasteiger partial charge in [0.15, 0.2) is 12.4 Å². The van der Waals surface area contributed by atoms with E-state index in [9.17, 15) is 5.11 Å². The van der Waals surface area contributed by atoms with Crippen LogP contribution in [0.1, 0.15) is 70.9 Å². The van der Waals surface area contributed by atoms with Gasteiger partial charge in [0, 0.05) is 30.3 Å².